The Hall–Kier alpha value is -1.40. The first-order valence-corrected chi connectivity index (χ1v) is 10.7. The van der Waals surface area contributed by atoms with Gasteiger partial charge in [-0.3, -0.25) is 9.48 Å². The summed E-state index contributed by atoms with van der Waals surface area (Å²) in [4.78, 5) is 14.8. The van der Waals surface area contributed by atoms with Gasteiger partial charge in [0.05, 0.1) is 18.9 Å². The van der Waals surface area contributed by atoms with Crippen molar-refractivity contribution in [2.24, 2.45) is 5.92 Å². The molecule has 1 aromatic rings. The van der Waals surface area contributed by atoms with Crippen LogP contribution in [0.4, 0.5) is 0 Å². The Morgan fingerprint density at radius 3 is 3.04 bits per heavy atom. The largest absolute Gasteiger partial charge is 0.376 e. The van der Waals surface area contributed by atoms with Crippen molar-refractivity contribution in [3.8, 4) is 0 Å². The van der Waals surface area contributed by atoms with Crippen molar-refractivity contribution in [2.45, 2.75) is 71.9 Å². The summed E-state index contributed by atoms with van der Waals surface area (Å²) in [5, 5.41) is 7.86. The summed E-state index contributed by atoms with van der Waals surface area (Å²) >= 11 is 0. The molecule has 27 heavy (non-hydrogen) atoms. The molecule has 1 N–H and O–H groups in total. The number of aromatic nitrogens is 2. The monoisotopic (exact) mass is 376 g/mol. The Labute approximate surface area is 163 Å². The van der Waals surface area contributed by atoms with Gasteiger partial charge in [0.1, 0.15) is 0 Å². The fraction of sp³-hybridized carbons (Fsp3) is 0.810. The van der Waals surface area contributed by atoms with Crippen LogP contribution in [0.2, 0.25) is 0 Å². The number of aryl methyl sites for hydroxylation is 1. The molecule has 2 aliphatic heterocycles. The highest BCUT2D eigenvalue weighted by Gasteiger charge is 2.22. The van der Waals surface area contributed by atoms with Crippen molar-refractivity contribution in [3.05, 3.63) is 17.0 Å². The van der Waals surface area contributed by atoms with E-state index < -0.39 is 0 Å². The second kappa shape index (κ2) is 9.69. The number of nitrogens with zero attached hydrogens (tertiary/aromatic N) is 3. The predicted molar refractivity (Wildman–Crippen MR) is 107 cm³/mol. The molecule has 1 amide bonds. The average molecular weight is 377 g/mol. The molecule has 3 rings (SSSR count). The Balaban J connectivity index is 1.40. The van der Waals surface area contributed by atoms with Gasteiger partial charge in [-0.1, -0.05) is 6.92 Å². The van der Waals surface area contributed by atoms with Crippen molar-refractivity contribution >= 4 is 5.91 Å². The van der Waals surface area contributed by atoms with Gasteiger partial charge in [0, 0.05) is 49.7 Å². The maximum Gasteiger partial charge on any atom is 0.220 e. The molecule has 0 saturated carbocycles. The molecule has 1 saturated heterocycles. The maximum atomic E-state index is 12.2. The molecule has 2 aliphatic rings. The lowest BCUT2D eigenvalue weighted by molar-refractivity contribution is -0.121. The van der Waals surface area contributed by atoms with E-state index in [2.05, 4.69) is 35.7 Å². The molecule has 0 spiro atoms. The molecule has 1 unspecified atom stereocenters. The molecule has 1 fully saturated rings. The van der Waals surface area contributed by atoms with Crippen LogP contribution in [0, 0.1) is 5.92 Å². The summed E-state index contributed by atoms with van der Waals surface area (Å²) in [7, 11) is 0. The van der Waals surface area contributed by atoms with Crippen LogP contribution >= 0.6 is 0 Å². The number of likely N-dealkylation sites (tertiary alicyclic amines) is 1. The quantitative estimate of drug-likeness (QED) is 0.709. The topological polar surface area (TPSA) is 59.4 Å². The van der Waals surface area contributed by atoms with Gasteiger partial charge in [0.2, 0.25) is 5.91 Å². The zero-order valence-electron chi connectivity index (χ0n) is 17.3. The second-order valence-corrected chi connectivity index (χ2v) is 8.46. The number of ether oxygens (including phenoxy) is 1. The van der Waals surface area contributed by atoms with Gasteiger partial charge in [-0.25, -0.2) is 0 Å². The molecule has 6 heteroatoms. The lowest BCUT2D eigenvalue weighted by Gasteiger charge is -2.30. The number of hydrogen-bond acceptors (Lipinski definition) is 4. The van der Waals surface area contributed by atoms with Gasteiger partial charge >= 0.3 is 0 Å². The minimum absolute atomic E-state index is 0.131. The minimum atomic E-state index is 0.131. The van der Waals surface area contributed by atoms with Crippen LogP contribution < -0.4 is 5.32 Å². The number of fused-ring (bicyclic) bond motifs is 1. The van der Waals surface area contributed by atoms with E-state index in [4.69, 9.17) is 9.84 Å². The van der Waals surface area contributed by atoms with E-state index in [1.807, 2.05) is 0 Å². The van der Waals surface area contributed by atoms with Crippen LogP contribution in [0.15, 0.2) is 0 Å². The van der Waals surface area contributed by atoms with E-state index >= 15 is 0 Å². The van der Waals surface area contributed by atoms with Gasteiger partial charge in [0.15, 0.2) is 0 Å². The van der Waals surface area contributed by atoms with Crippen LogP contribution in [-0.4, -0.2) is 53.4 Å². The Kier molecular flexibility index (Phi) is 7.30. The summed E-state index contributed by atoms with van der Waals surface area (Å²) in [6.07, 6.45) is 5.81. The standard InChI is InChI=1S/C21H36N4O2/c1-16(2)25-20-9-13-27-15-18(20)19(23-25)7-8-21(26)22-10-5-12-24-11-4-6-17(3)14-24/h16-17H,4-15H2,1-3H3,(H,22,26). The van der Waals surface area contributed by atoms with E-state index in [0.29, 0.717) is 25.5 Å². The minimum Gasteiger partial charge on any atom is -0.376 e. The predicted octanol–water partition coefficient (Wildman–Crippen LogP) is 2.71. The number of nitrogens with one attached hydrogen (secondary N) is 1. The fourth-order valence-corrected chi connectivity index (χ4v) is 4.30. The van der Waals surface area contributed by atoms with Gasteiger partial charge in [-0.2, -0.15) is 5.10 Å². The van der Waals surface area contributed by atoms with Crippen molar-refractivity contribution in [3.63, 3.8) is 0 Å². The van der Waals surface area contributed by atoms with Crippen molar-refractivity contribution in [2.75, 3.05) is 32.8 Å². The van der Waals surface area contributed by atoms with E-state index in [-0.39, 0.29) is 5.91 Å². The Morgan fingerprint density at radius 2 is 2.26 bits per heavy atom. The van der Waals surface area contributed by atoms with Crippen LogP contribution in [0.3, 0.4) is 0 Å². The first-order valence-electron chi connectivity index (χ1n) is 10.7. The van der Waals surface area contributed by atoms with E-state index in [1.165, 1.54) is 37.2 Å². The molecule has 0 aliphatic carbocycles. The molecule has 1 aromatic heterocycles. The summed E-state index contributed by atoms with van der Waals surface area (Å²) in [6.45, 7) is 12.3. The van der Waals surface area contributed by atoms with Gasteiger partial charge in [-0.05, 0) is 52.1 Å². The molecule has 0 aromatic carbocycles. The number of carbonyl (C=O) groups is 1. The van der Waals surface area contributed by atoms with Gasteiger partial charge in [0.25, 0.3) is 0 Å². The van der Waals surface area contributed by atoms with Crippen LogP contribution in [-0.2, 0) is 29.0 Å². The van der Waals surface area contributed by atoms with E-state index in [1.54, 1.807) is 0 Å². The molecule has 3 heterocycles. The molecular weight excluding hydrogens is 340 g/mol. The van der Waals surface area contributed by atoms with E-state index in [9.17, 15) is 4.79 Å². The number of amides is 1. The molecule has 0 bridgehead atoms. The Morgan fingerprint density at radius 1 is 1.41 bits per heavy atom. The van der Waals surface area contributed by atoms with Crippen molar-refractivity contribution in [1.29, 1.82) is 0 Å². The number of carbonyl (C=O) groups excluding carboxylic acids is 1. The maximum absolute atomic E-state index is 12.2. The Bertz CT molecular complexity index is 626. The average Bonchev–Trinajstić information content (AvgIpc) is 3.03. The molecular formula is C21H36N4O2. The zero-order valence-corrected chi connectivity index (χ0v) is 17.3. The van der Waals surface area contributed by atoms with Crippen LogP contribution in [0.1, 0.15) is 69.4 Å². The number of rotatable bonds is 8. The zero-order chi connectivity index (χ0) is 19.2. The first kappa shape index (κ1) is 20.3. The van der Waals surface area contributed by atoms with E-state index in [0.717, 1.165) is 44.1 Å². The molecule has 6 nitrogen and oxygen atoms in total. The second-order valence-electron chi connectivity index (χ2n) is 8.46. The van der Waals surface area contributed by atoms with Crippen molar-refractivity contribution in [1.82, 2.24) is 20.0 Å². The highest BCUT2D eigenvalue weighted by molar-refractivity contribution is 5.76. The SMILES string of the molecule is CC1CCCN(CCCNC(=O)CCc2nn(C(C)C)c3c2COCC3)C1. The van der Waals surface area contributed by atoms with Crippen LogP contribution in [0.5, 0.6) is 0 Å². The summed E-state index contributed by atoms with van der Waals surface area (Å²) in [5.41, 5.74) is 3.54. The summed E-state index contributed by atoms with van der Waals surface area (Å²) < 4.78 is 7.74. The lowest BCUT2D eigenvalue weighted by Crippen LogP contribution is -2.36. The lowest BCUT2D eigenvalue weighted by atomic mass is 10.0. The molecule has 0 radical (unpaired) electrons. The normalized spacial score (nSPS) is 20.7. The third-order valence-corrected chi connectivity index (χ3v) is 5.72. The van der Waals surface area contributed by atoms with Gasteiger partial charge in [-0.15, -0.1) is 0 Å². The summed E-state index contributed by atoms with van der Waals surface area (Å²) in [6, 6.07) is 0.344. The third kappa shape index (κ3) is 5.55. The highest BCUT2D eigenvalue weighted by atomic mass is 16.5. The fourth-order valence-electron chi connectivity index (χ4n) is 4.30. The first-order chi connectivity index (χ1) is 13.0. The van der Waals surface area contributed by atoms with Crippen LogP contribution in [0.25, 0.3) is 0 Å². The smallest absolute Gasteiger partial charge is 0.220 e. The number of piperidine rings is 1. The molecule has 1 atom stereocenters. The highest BCUT2D eigenvalue weighted by Crippen LogP contribution is 2.24. The number of hydrogen-bond donors (Lipinski definition) is 1. The molecule has 152 valence electrons. The third-order valence-electron chi connectivity index (χ3n) is 5.72. The van der Waals surface area contributed by atoms with Gasteiger partial charge < -0.3 is 15.0 Å². The summed E-state index contributed by atoms with van der Waals surface area (Å²) in [5.74, 6) is 0.945. The van der Waals surface area contributed by atoms with Crippen molar-refractivity contribution < 1.29 is 9.53 Å².